The lowest BCUT2D eigenvalue weighted by atomic mass is 10.2. The van der Waals surface area contributed by atoms with Gasteiger partial charge in [-0.05, 0) is 19.1 Å². The number of thioether (sulfide) groups is 1. The van der Waals surface area contributed by atoms with E-state index in [1.54, 1.807) is 16.7 Å². The number of halogens is 3. The normalized spacial score (nSPS) is 17.7. The number of para-hydroxylation sites is 1. The maximum absolute atomic E-state index is 12.7. The fourth-order valence-corrected chi connectivity index (χ4v) is 3.39. The number of nitrogens with zero attached hydrogens (tertiary/aromatic N) is 3. The Kier molecular flexibility index (Phi) is 4.01. The Balaban J connectivity index is 1.94. The number of rotatable bonds is 1. The highest BCUT2D eigenvalue weighted by atomic mass is 32.2. The zero-order chi connectivity index (χ0) is 16.6. The van der Waals surface area contributed by atoms with E-state index >= 15 is 0 Å². The number of anilines is 1. The lowest BCUT2D eigenvalue weighted by Crippen LogP contribution is -2.42. The van der Waals surface area contributed by atoms with Gasteiger partial charge in [-0.1, -0.05) is 12.1 Å². The smallest absolute Gasteiger partial charge is 0.304 e. The summed E-state index contributed by atoms with van der Waals surface area (Å²) in [6, 6.07) is 7.35. The molecule has 0 aliphatic carbocycles. The molecular weight excluding hydrogens is 327 g/mol. The number of hydrogen-bond acceptors (Lipinski definition) is 4. The number of carbonyl (C=O) groups excluding carboxylic acids is 1. The molecule has 0 fully saturated rings. The minimum absolute atomic E-state index is 0.0338. The summed E-state index contributed by atoms with van der Waals surface area (Å²) in [6.07, 6.45) is -2.77. The fourth-order valence-electron chi connectivity index (χ4n) is 2.33. The van der Waals surface area contributed by atoms with Crippen molar-refractivity contribution in [3.8, 4) is 0 Å². The van der Waals surface area contributed by atoms with Crippen LogP contribution in [0, 0.1) is 0 Å². The lowest BCUT2D eigenvalue weighted by molar-refractivity contribution is -0.145. The van der Waals surface area contributed by atoms with Crippen LogP contribution in [-0.2, 0) is 6.18 Å². The van der Waals surface area contributed by atoms with Crippen LogP contribution in [0.1, 0.15) is 23.1 Å². The summed E-state index contributed by atoms with van der Waals surface area (Å²) in [5.74, 6) is -0.944. The Labute approximate surface area is 134 Å². The van der Waals surface area contributed by atoms with E-state index in [9.17, 15) is 18.0 Å². The molecule has 0 saturated carbocycles. The van der Waals surface area contributed by atoms with Crippen LogP contribution >= 0.6 is 11.8 Å². The van der Waals surface area contributed by atoms with E-state index in [2.05, 4.69) is 9.97 Å². The number of fused-ring (bicyclic) bond motifs is 1. The minimum atomic E-state index is -4.62. The number of hydrogen-bond donors (Lipinski definition) is 0. The predicted octanol–water partition coefficient (Wildman–Crippen LogP) is 3.64. The third-order valence-corrected chi connectivity index (χ3v) is 4.72. The molecule has 0 radical (unpaired) electrons. The van der Waals surface area contributed by atoms with E-state index in [4.69, 9.17) is 0 Å². The van der Waals surface area contributed by atoms with Gasteiger partial charge in [-0.15, -0.1) is 11.8 Å². The van der Waals surface area contributed by atoms with Crippen LogP contribution in [0.25, 0.3) is 0 Å². The van der Waals surface area contributed by atoms with Gasteiger partial charge in [0.15, 0.2) is 0 Å². The highest BCUT2D eigenvalue weighted by Gasteiger charge is 2.35. The number of carbonyl (C=O) groups is 1. The molecule has 120 valence electrons. The molecule has 0 bridgehead atoms. The molecule has 2 heterocycles. The van der Waals surface area contributed by atoms with Crippen LogP contribution in [0.5, 0.6) is 0 Å². The summed E-state index contributed by atoms with van der Waals surface area (Å²) in [7, 11) is 0. The molecule has 1 unspecified atom stereocenters. The molecule has 1 amide bonds. The Morgan fingerprint density at radius 3 is 2.57 bits per heavy atom. The molecule has 1 aliphatic heterocycles. The van der Waals surface area contributed by atoms with E-state index in [0.29, 0.717) is 5.75 Å². The van der Waals surface area contributed by atoms with Gasteiger partial charge in [0.25, 0.3) is 5.91 Å². The molecule has 0 N–H and O–H groups in total. The molecule has 1 atom stereocenters. The van der Waals surface area contributed by atoms with Crippen molar-refractivity contribution in [1.29, 1.82) is 0 Å². The van der Waals surface area contributed by atoms with Gasteiger partial charge in [0.1, 0.15) is 0 Å². The molecule has 3 rings (SSSR count). The largest absolute Gasteiger partial charge is 0.451 e. The van der Waals surface area contributed by atoms with Crippen LogP contribution in [-0.4, -0.2) is 27.7 Å². The van der Waals surface area contributed by atoms with Gasteiger partial charge < -0.3 is 4.90 Å². The first-order valence-electron chi connectivity index (χ1n) is 6.82. The molecule has 0 saturated heterocycles. The van der Waals surface area contributed by atoms with Gasteiger partial charge in [0, 0.05) is 29.1 Å². The fraction of sp³-hybridized carbons (Fsp3) is 0.267. The lowest BCUT2D eigenvalue weighted by Gasteiger charge is -2.34. The second-order valence-electron chi connectivity index (χ2n) is 5.10. The average Bonchev–Trinajstić information content (AvgIpc) is 2.53. The van der Waals surface area contributed by atoms with Crippen LogP contribution in [0.4, 0.5) is 18.9 Å². The molecule has 1 aliphatic rings. The number of amides is 1. The first-order chi connectivity index (χ1) is 10.9. The van der Waals surface area contributed by atoms with Crippen LogP contribution in [0.3, 0.4) is 0 Å². The first kappa shape index (κ1) is 15.8. The molecule has 0 spiro atoms. The molecule has 4 nitrogen and oxygen atoms in total. The summed E-state index contributed by atoms with van der Waals surface area (Å²) in [5.41, 5.74) is 0.785. The van der Waals surface area contributed by atoms with Crippen molar-refractivity contribution in [2.24, 2.45) is 0 Å². The monoisotopic (exact) mass is 339 g/mol. The van der Waals surface area contributed by atoms with Crippen LogP contribution in [0.15, 0.2) is 41.6 Å². The van der Waals surface area contributed by atoms with Crippen LogP contribution in [0.2, 0.25) is 0 Å². The minimum Gasteiger partial charge on any atom is -0.304 e. The molecule has 2 aromatic rings. The average molecular weight is 339 g/mol. The van der Waals surface area contributed by atoms with E-state index < -0.39 is 17.9 Å². The number of alkyl halides is 3. The van der Waals surface area contributed by atoms with Gasteiger partial charge >= 0.3 is 6.18 Å². The van der Waals surface area contributed by atoms with E-state index in [1.807, 2.05) is 31.2 Å². The quantitative estimate of drug-likeness (QED) is 0.796. The first-order valence-corrected chi connectivity index (χ1v) is 7.81. The van der Waals surface area contributed by atoms with Crippen molar-refractivity contribution in [3.05, 3.63) is 48.0 Å². The zero-order valence-electron chi connectivity index (χ0n) is 12.0. The van der Waals surface area contributed by atoms with E-state index in [0.717, 1.165) is 23.0 Å². The van der Waals surface area contributed by atoms with Crippen LogP contribution < -0.4 is 4.90 Å². The summed E-state index contributed by atoms with van der Waals surface area (Å²) < 4.78 is 37.5. The van der Waals surface area contributed by atoms with Crippen molar-refractivity contribution in [1.82, 2.24) is 9.97 Å². The number of benzene rings is 1. The Bertz CT molecular complexity index is 733. The summed E-state index contributed by atoms with van der Waals surface area (Å²) in [6.45, 7) is 1.89. The van der Waals surface area contributed by atoms with Crippen molar-refractivity contribution in [2.45, 2.75) is 24.0 Å². The second kappa shape index (κ2) is 5.84. The molecule has 1 aromatic carbocycles. The van der Waals surface area contributed by atoms with Crippen molar-refractivity contribution >= 4 is 23.4 Å². The van der Waals surface area contributed by atoms with E-state index in [-0.39, 0.29) is 11.6 Å². The summed E-state index contributed by atoms with van der Waals surface area (Å²) in [5, 5.41) is 0. The van der Waals surface area contributed by atoms with Gasteiger partial charge in [0.2, 0.25) is 5.82 Å². The standard InChI is InChI=1S/C15H12F3N3OS/c1-9-8-23-12-5-3-2-4-11(12)21(9)13(22)10-6-19-14(20-7-10)15(16,17)18/h2-7,9H,8H2,1H3. The molecule has 1 aromatic heterocycles. The number of aromatic nitrogens is 2. The van der Waals surface area contributed by atoms with Gasteiger partial charge in [-0.2, -0.15) is 13.2 Å². The van der Waals surface area contributed by atoms with Gasteiger partial charge in [-0.25, -0.2) is 9.97 Å². The Morgan fingerprint density at radius 2 is 1.91 bits per heavy atom. The molecular formula is C15H12F3N3OS. The second-order valence-corrected chi connectivity index (χ2v) is 6.16. The SMILES string of the molecule is CC1CSc2ccccc2N1C(=O)c1cnc(C(F)(F)F)nc1. The van der Waals surface area contributed by atoms with Crippen molar-refractivity contribution < 1.29 is 18.0 Å². The highest BCUT2D eigenvalue weighted by Crippen LogP contribution is 2.37. The Hall–Kier alpha value is -2.09. The molecule has 23 heavy (non-hydrogen) atoms. The third-order valence-electron chi connectivity index (χ3n) is 3.42. The maximum Gasteiger partial charge on any atom is 0.451 e. The summed E-state index contributed by atoms with van der Waals surface area (Å²) >= 11 is 1.65. The maximum atomic E-state index is 12.7. The van der Waals surface area contributed by atoms with Gasteiger partial charge in [-0.3, -0.25) is 4.79 Å². The Morgan fingerprint density at radius 1 is 1.26 bits per heavy atom. The summed E-state index contributed by atoms with van der Waals surface area (Å²) in [4.78, 5) is 21.8. The zero-order valence-corrected chi connectivity index (χ0v) is 12.9. The third kappa shape index (κ3) is 3.03. The predicted molar refractivity (Wildman–Crippen MR) is 80.5 cm³/mol. The van der Waals surface area contributed by atoms with Crippen molar-refractivity contribution in [2.75, 3.05) is 10.7 Å². The van der Waals surface area contributed by atoms with E-state index in [1.165, 1.54) is 0 Å². The van der Waals surface area contributed by atoms with Gasteiger partial charge in [0.05, 0.1) is 11.3 Å². The topological polar surface area (TPSA) is 46.1 Å². The highest BCUT2D eigenvalue weighted by molar-refractivity contribution is 7.99. The molecule has 8 heteroatoms. The van der Waals surface area contributed by atoms with Crippen molar-refractivity contribution in [3.63, 3.8) is 0 Å².